The molecule has 20 heavy (non-hydrogen) atoms. The number of benzene rings is 1. The number of aromatic nitrogens is 2. The van der Waals surface area contributed by atoms with Gasteiger partial charge in [-0.3, -0.25) is 0 Å². The van der Waals surface area contributed by atoms with Crippen molar-refractivity contribution in [2.75, 3.05) is 6.61 Å². The summed E-state index contributed by atoms with van der Waals surface area (Å²) in [5.41, 5.74) is 3.50. The first kappa shape index (κ1) is 13.9. The van der Waals surface area contributed by atoms with E-state index in [1.165, 1.54) is 11.1 Å². The quantitative estimate of drug-likeness (QED) is 0.768. The second kappa shape index (κ2) is 5.38. The highest BCUT2D eigenvalue weighted by atomic mass is 35.5. The average molecular weight is 293 g/mol. The summed E-state index contributed by atoms with van der Waals surface area (Å²) in [4.78, 5) is 4.74. The van der Waals surface area contributed by atoms with E-state index in [1.807, 2.05) is 6.92 Å². The van der Waals surface area contributed by atoms with E-state index in [1.54, 1.807) is 0 Å². The van der Waals surface area contributed by atoms with Crippen molar-refractivity contribution in [3.63, 3.8) is 0 Å². The van der Waals surface area contributed by atoms with Gasteiger partial charge in [-0.2, -0.15) is 0 Å². The zero-order chi connectivity index (χ0) is 14.3. The summed E-state index contributed by atoms with van der Waals surface area (Å²) in [6, 6.07) is 6.84. The Morgan fingerprint density at radius 1 is 1.45 bits per heavy atom. The lowest BCUT2D eigenvalue weighted by Gasteiger charge is -2.30. The van der Waals surface area contributed by atoms with Crippen molar-refractivity contribution in [2.45, 2.75) is 51.1 Å². The molecule has 1 aromatic heterocycles. The second-order valence-electron chi connectivity index (χ2n) is 5.81. The third-order valence-corrected chi connectivity index (χ3v) is 4.25. The van der Waals surface area contributed by atoms with Gasteiger partial charge in [0.25, 0.3) is 0 Å². The Hall–Kier alpha value is -1.06. The van der Waals surface area contributed by atoms with Crippen LogP contribution < -0.4 is 0 Å². The van der Waals surface area contributed by atoms with E-state index in [-0.39, 0.29) is 5.38 Å². The molecule has 3 atom stereocenters. The summed E-state index contributed by atoms with van der Waals surface area (Å²) < 4.78 is 8.02. The maximum absolute atomic E-state index is 6.36. The van der Waals surface area contributed by atoms with Crippen molar-refractivity contribution in [3.8, 4) is 0 Å². The van der Waals surface area contributed by atoms with E-state index < -0.39 is 0 Å². The molecule has 1 saturated heterocycles. The van der Waals surface area contributed by atoms with Crippen molar-refractivity contribution in [2.24, 2.45) is 0 Å². The zero-order valence-corrected chi connectivity index (χ0v) is 13.0. The Labute approximate surface area is 124 Å². The number of imidazole rings is 1. The van der Waals surface area contributed by atoms with Crippen LogP contribution in [0.5, 0.6) is 0 Å². The Morgan fingerprint density at radius 2 is 2.25 bits per heavy atom. The SMILES string of the molecule is Cc1ccc2nc(C(C)Cl)n(C3CCOC(C)C3)c2c1. The first-order valence-corrected chi connectivity index (χ1v) is 7.74. The first-order chi connectivity index (χ1) is 9.56. The predicted octanol–water partition coefficient (Wildman–Crippen LogP) is 4.38. The highest BCUT2D eigenvalue weighted by Crippen LogP contribution is 2.34. The standard InChI is InChI=1S/C16H21ClN2O/c1-10-4-5-14-15(8-10)19(16(18-14)12(3)17)13-6-7-20-11(2)9-13/h4-5,8,11-13H,6-7,9H2,1-3H3. The Morgan fingerprint density at radius 3 is 2.95 bits per heavy atom. The van der Waals surface area contributed by atoms with Crippen LogP contribution in [0.4, 0.5) is 0 Å². The van der Waals surface area contributed by atoms with E-state index in [2.05, 4.69) is 36.6 Å². The van der Waals surface area contributed by atoms with Gasteiger partial charge in [-0.15, -0.1) is 11.6 Å². The smallest absolute Gasteiger partial charge is 0.127 e. The van der Waals surface area contributed by atoms with E-state index in [4.69, 9.17) is 21.3 Å². The van der Waals surface area contributed by atoms with E-state index in [0.717, 1.165) is 30.8 Å². The van der Waals surface area contributed by atoms with Gasteiger partial charge in [0, 0.05) is 12.6 Å². The molecule has 3 unspecified atom stereocenters. The van der Waals surface area contributed by atoms with Crippen LogP contribution in [0.15, 0.2) is 18.2 Å². The van der Waals surface area contributed by atoms with Gasteiger partial charge < -0.3 is 9.30 Å². The third kappa shape index (κ3) is 2.45. The average Bonchev–Trinajstić information content (AvgIpc) is 2.77. The molecule has 0 bridgehead atoms. The number of rotatable bonds is 2. The van der Waals surface area contributed by atoms with Crippen LogP contribution in [-0.4, -0.2) is 22.3 Å². The molecule has 0 aliphatic carbocycles. The molecule has 4 heteroatoms. The molecule has 3 nitrogen and oxygen atoms in total. The summed E-state index contributed by atoms with van der Waals surface area (Å²) in [6.45, 7) is 7.07. The molecule has 1 aliphatic rings. The van der Waals surface area contributed by atoms with Crippen LogP contribution in [0.3, 0.4) is 0 Å². The van der Waals surface area contributed by atoms with Crippen LogP contribution in [0.25, 0.3) is 11.0 Å². The molecular formula is C16H21ClN2O. The fourth-order valence-electron chi connectivity index (χ4n) is 3.09. The number of hydrogen-bond acceptors (Lipinski definition) is 2. The highest BCUT2D eigenvalue weighted by Gasteiger charge is 2.26. The summed E-state index contributed by atoms with van der Waals surface area (Å²) in [5.74, 6) is 0.978. The van der Waals surface area contributed by atoms with Gasteiger partial charge in [0.05, 0.1) is 22.5 Å². The minimum Gasteiger partial charge on any atom is -0.378 e. The lowest BCUT2D eigenvalue weighted by atomic mass is 10.0. The van der Waals surface area contributed by atoms with Crippen LogP contribution >= 0.6 is 11.6 Å². The summed E-state index contributed by atoms with van der Waals surface area (Å²) in [6.07, 6.45) is 2.35. The number of fused-ring (bicyclic) bond motifs is 1. The van der Waals surface area contributed by atoms with E-state index in [9.17, 15) is 0 Å². The van der Waals surface area contributed by atoms with Crippen molar-refractivity contribution in [1.82, 2.24) is 9.55 Å². The normalized spacial score (nSPS) is 25.0. The van der Waals surface area contributed by atoms with Crippen molar-refractivity contribution >= 4 is 22.6 Å². The lowest BCUT2D eigenvalue weighted by Crippen LogP contribution is -2.26. The number of alkyl halides is 1. The molecule has 1 aromatic carbocycles. The molecule has 1 aliphatic heterocycles. The molecule has 108 valence electrons. The lowest BCUT2D eigenvalue weighted by molar-refractivity contribution is 0.00621. The largest absolute Gasteiger partial charge is 0.378 e. The van der Waals surface area contributed by atoms with Gasteiger partial charge in [-0.25, -0.2) is 4.98 Å². The molecule has 0 spiro atoms. The van der Waals surface area contributed by atoms with Crippen LogP contribution in [-0.2, 0) is 4.74 Å². The van der Waals surface area contributed by atoms with Gasteiger partial charge in [0.15, 0.2) is 0 Å². The first-order valence-electron chi connectivity index (χ1n) is 7.30. The topological polar surface area (TPSA) is 27.1 Å². The van der Waals surface area contributed by atoms with Crippen LogP contribution in [0, 0.1) is 6.92 Å². The minimum absolute atomic E-state index is 0.0825. The third-order valence-electron chi connectivity index (χ3n) is 4.05. The molecular weight excluding hydrogens is 272 g/mol. The number of hydrogen-bond donors (Lipinski definition) is 0. The van der Waals surface area contributed by atoms with Crippen LogP contribution in [0.1, 0.15) is 49.5 Å². The highest BCUT2D eigenvalue weighted by molar-refractivity contribution is 6.20. The van der Waals surface area contributed by atoms with Crippen molar-refractivity contribution in [1.29, 1.82) is 0 Å². The minimum atomic E-state index is -0.0825. The molecule has 0 N–H and O–H groups in total. The van der Waals surface area contributed by atoms with Gasteiger partial charge in [-0.1, -0.05) is 6.07 Å². The van der Waals surface area contributed by atoms with E-state index >= 15 is 0 Å². The molecule has 0 amide bonds. The Balaban J connectivity index is 2.14. The van der Waals surface area contributed by atoms with Gasteiger partial charge in [-0.05, 0) is 51.3 Å². The zero-order valence-electron chi connectivity index (χ0n) is 12.3. The van der Waals surface area contributed by atoms with E-state index in [0.29, 0.717) is 12.1 Å². The van der Waals surface area contributed by atoms with Gasteiger partial charge >= 0.3 is 0 Å². The molecule has 2 heterocycles. The molecule has 0 radical (unpaired) electrons. The number of aryl methyl sites for hydroxylation is 1. The molecule has 1 fully saturated rings. The number of halogens is 1. The van der Waals surface area contributed by atoms with Crippen molar-refractivity contribution in [3.05, 3.63) is 29.6 Å². The summed E-state index contributed by atoms with van der Waals surface area (Å²) >= 11 is 6.36. The molecule has 2 aromatic rings. The maximum Gasteiger partial charge on any atom is 0.127 e. The maximum atomic E-state index is 6.36. The van der Waals surface area contributed by atoms with Crippen molar-refractivity contribution < 1.29 is 4.74 Å². The summed E-state index contributed by atoms with van der Waals surface area (Å²) in [5, 5.41) is -0.0825. The molecule has 0 saturated carbocycles. The Bertz CT molecular complexity index is 620. The second-order valence-corrected chi connectivity index (χ2v) is 6.46. The molecule has 3 rings (SSSR count). The van der Waals surface area contributed by atoms with Gasteiger partial charge in [0.1, 0.15) is 5.82 Å². The predicted molar refractivity (Wildman–Crippen MR) is 82.4 cm³/mol. The number of ether oxygens (including phenoxy) is 1. The summed E-state index contributed by atoms with van der Waals surface area (Å²) in [7, 11) is 0. The monoisotopic (exact) mass is 292 g/mol. The number of nitrogens with zero attached hydrogens (tertiary/aromatic N) is 2. The fraction of sp³-hybridized carbons (Fsp3) is 0.562. The van der Waals surface area contributed by atoms with Gasteiger partial charge in [0.2, 0.25) is 0 Å². The van der Waals surface area contributed by atoms with Crippen LogP contribution in [0.2, 0.25) is 0 Å². The Kier molecular flexibility index (Phi) is 3.74. The fourth-order valence-corrected chi connectivity index (χ4v) is 3.25.